The molecule has 34 heavy (non-hydrogen) atoms. The maximum absolute atomic E-state index is 13.6. The Hall–Kier alpha value is -2.43. The van der Waals surface area contributed by atoms with Gasteiger partial charge in [0.15, 0.2) is 5.78 Å². The van der Waals surface area contributed by atoms with Gasteiger partial charge in [0.1, 0.15) is 18.3 Å². The third kappa shape index (κ3) is 4.12. The Balaban J connectivity index is 1.38. The number of carbonyl (C=O) groups excluding carboxylic acids is 4. The SMILES string of the molecule is O=C1NCC[C@H]1C[C@H](NC(=O)[C@H]1C2CCC(CC2)N1C(=O)c1cc2scc(Cl)c2[nH]1)C(=O)CO. The van der Waals surface area contributed by atoms with Crippen LogP contribution in [0.4, 0.5) is 0 Å². The van der Waals surface area contributed by atoms with Crippen molar-refractivity contribution in [1.29, 1.82) is 0 Å². The van der Waals surface area contributed by atoms with Gasteiger partial charge in [0.25, 0.3) is 5.91 Å². The number of hydrogen-bond donors (Lipinski definition) is 4. The van der Waals surface area contributed by atoms with Gasteiger partial charge in [-0.2, -0.15) is 0 Å². The summed E-state index contributed by atoms with van der Waals surface area (Å²) in [5, 5.41) is 17.3. The van der Waals surface area contributed by atoms with Crippen LogP contribution >= 0.6 is 22.9 Å². The number of Topliss-reactive ketones (excluding diaryl/α,β-unsaturated/α-hetero) is 1. The molecule has 1 saturated carbocycles. The first-order valence-corrected chi connectivity index (χ1v) is 12.9. The Kier molecular flexibility index (Phi) is 6.39. The van der Waals surface area contributed by atoms with Crippen molar-refractivity contribution < 1.29 is 24.3 Å². The molecule has 0 radical (unpaired) electrons. The van der Waals surface area contributed by atoms with Crippen molar-refractivity contribution in [3.05, 3.63) is 22.2 Å². The average molecular weight is 507 g/mol. The van der Waals surface area contributed by atoms with Crippen LogP contribution in [0, 0.1) is 11.8 Å². The fourth-order valence-electron chi connectivity index (χ4n) is 5.71. The van der Waals surface area contributed by atoms with Crippen molar-refractivity contribution in [2.45, 2.75) is 56.7 Å². The molecular weight excluding hydrogens is 480 g/mol. The topological polar surface area (TPSA) is 132 Å². The molecule has 0 unspecified atom stereocenters. The Labute approximate surface area is 205 Å². The molecule has 3 saturated heterocycles. The van der Waals surface area contributed by atoms with E-state index in [1.165, 1.54) is 11.3 Å². The highest BCUT2D eigenvalue weighted by molar-refractivity contribution is 7.17. The highest BCUT2D eigenvalue weighted by Crippen LogP contribution is 2.41. The fraction of sp³-hybridized carbons (Fsp3) is 0.565. The minimum absolute atomic E-state index is 0.00623. The van der Waals surface area contributed by atoms with E-state index in [9.17, 15) is 24.3 Å². The molecule has 4 fully saturated rings. The van der Waals surface area contributed by atoms with Crippen LogP contribution in [0.5, 0.6) is 0 Å². The van der Waals surface area contributed by atoms with Crippen LogP contribution in [0.15, 0.2) is 11.4 Å². The largest absolute Gasteiger partial charge is 0.389 e. The van der Waals surface area contributed by atoms with Crippen molar-refractivity contribution in [1.82, 2.24) is 20.5 Å². The molecule has 5 heterocycles. The lowest BCUT2D eigenvalue weighted by molar-refractivity contribution is -0.137. The van der Waals surface area contributed by atoms with Gasteiger partial charge in [0.2, 0.25) is 11.8 Å². The fourth-order valence-corrected chi connectivity index (χ4v) is 6.86. The number of aromatic nitrogens is 1. The zero-order valence-electron chi connectivity index (χ0n) is 18.5. The first-order valence-electron chi connectivity index (χ1n) is 11.7. The van der Waals surface area contributed by atoms with E-state index in [1.54, 1.807) is 16.3 Å². The standard InChI is InChI=1S/C23H27ClN4O5S/c24-14-10-34-18-8-16(26-19(14)18)23(33)28-13-3-1-11(2-4-13)20(28)22(32)27-15(17(30)9-29)7-12-5-6-25-21(12)31/h8,10-13,15,20,26,29H,1-7,9H2,(H,25,31)(H,27,32)/t11?,12-,13?,15-,20+/m0/s1. The van der Waals surface area contributed by atoms with Gasteiger partial charge in [-0.25, -0.2) is 0 Å². The molecule has 4 aliphatic rings. The van der Waals surface area contributed by atoms with E-state index in [-0.39, 0.29) is 30.2 Å². The number of aliphatic hydroxyl groups is 1. The van der Waals surface area contributed by atoms with E-state index in [0.717, 1.165) is 30.4 Å². The summed E-state index contributed by atoms with van der Waals surface area (Å²) in [6.45, 7) is -0.192. The number of hydrogen-bond acceptors (Lipinski definition) is 6. The Morgan fingerprint density at radius 2 is 2.00 bits per heavy atom. The summed E-state index contributed by atoms with van der Waals surface area (Å²) in [6, 6.07) is 0.0293. The summed E-state index contributed by atoms with van der Waals surface area (Å²) >= 11 is 7.65. The van der Waals surface area contributed by atoms with Crippen molar-refractivity contribution >= 4 is 56.7 Å². The van der Waals surface area contributed by atoms with Crippen LogP contribution in [0.3, 0.4) is 0 Å². The minimum Gasteiger partial charge on any atom is -0.389 e. The van der Waals surface area contributed by atoms with Crippen LogP contribution in [-0.4, -0.2) is 69.8 Å². The van der Waals surface area contributed by atoms with Crippen LogP contribution in [0.1, 0.15) is 49.0 Å². The molecule has 182 valence electrons. The second-order valence-electron chi connectivity index (χ2n) is 9.43. The van der Waals surface area contributed by atoms with Gasteiger partial charge < -0.3 is 25.6 Å². The van der Waals surface area contributed by atoms with Crippen LogP contribution in [0.2, 0.25) is 5.02 Å². The number of fused-ring (bicyclic) bond motifs is 4. The summed E-state index contributed by atoms with van der Waals surface area (Å²) in [6.07, 6.45) is 4.05. The Morgan fingerprint density at radius 3 is 2.65 bits per heavy atom. The predicted octanol–water partition coefficient (Wildman–Crippen LogP) is 1.84. The van der Waals surface area contributed by atoms with Crippen molar-refractivity contribution in [2.24, 2.45) is 11.8 Å². The van der Waals surface area contributed by atoms with Crippen molar-refractivity contribution in [2.75, 3.05) is 13.2 Å². The number of thiophene rings is 1. The average Bonchev–Trinajstić information content (AvgIpc) is 3.55. The van der Waals surface area contributed by atoms with E-state index in [0.29, 0.717) is 29.2 Å². The third-order valence-corrected chi connectivity index (χ3v) is 8.83. The lowest BCUT2D eigenvalue weighted by Gasteiger charge is -2.50. The van der Waals surface area contributed by atoms with Crippen LogP contribution in [0.25, 0.3) is 10.2 Å². The predicted molar refractivity (Wildman–Crippen MR) is 127 cm³/mol. The van der Waals surface area contributed by atoms with Gasteiger partial charge in [-0.3, -0.25) is 19.2 Å². The molecule has 11 heteroatoms. The first-order chi connectivity index (χ1) is 16.4. The molecule has 2 bridgehead atoms. The van der Waals surface area contributed by atoms with Crippen molar-refractivity contribution in [3.63, 3.8) is 0 Å². The summed E-state index contributed by atoms with van der Waals surface area (Å²) in [5.41, 5.74) is 1.10. The van der Waals surface area contributed by atoms with Crippen LogP contribution in [-0.2, 0) is 14.4 Å². The molecule has 2 aromatic heterocycles. The van der Waals surface area contributed by atoms with E-state index < -0.39 is 36.3 Å². The van der Waals surface area contributed by atoms with Gasteiger partial charge in [-0.15, -0.1) is 11.3 Å². The number of nitrogens with one attached hydrogen (secondary N) is 3. The Morgan fingerprint density at radius 1 is 1.24 bits per heavy atom. The number of nitrogens with zero attached hydrogens (tertiary/aromatic N) is 1. The number of piperidine rings is 2. The van der Waals surface area contributed by atoms with Gasteiger partial charge >= 0.3 is 0 Å². The number of aromatic amines is 1. The molecule has 3 aliphatic heterocycles. The zero-order chi connectivity index (χ0) is 24.0. The second kappa shape index (κ2) is 9.31. The third-order valence-electron chi connectivity index (χ3n) is 7.47. The lowest BCUT2D eigenvalue weighted by atomic mass is 9.74. The van der Waals surface area contributed by atoms with Gasteiger partial charge in [0.05, 0.1) is 21.3 Å². The first kappa shape index (κ1) is 23.3. The highest BCUT2D eigenvalue weighted by Gasteiger charge is 2.48. The monoisotopic (exact) mass is 506 g/mol. The normalized spacial score (nSPS) is 27.1. The number of H-pyrrole nitrogens is 1. The summed E-state index contributed by atoms with van der Waals surface area (Å²) in [5.74, 6) is -1.74. The molecular formula is C23H27ClN4O5S. The summed E-state index contributed by atoms with van der Waals surface area (Å²) < 4.78 is 0.875. The van der Waals surface area contributed by atoms with Gasteiger partial charge in [-0.1, -0.05) is 11.6 Å². The lowest BCUT2D eigenvalue weighted by Crippen LogP contribution is -2.64. The van der Waals surface area contributed by atoms with E-state index >= 15 is 0 Å². The smallest absolute Gasteiger partial charge is 0.271 e. The Bertz CT molecular complexity index is 1140. The molecule has 4 N–H and O–H groups in total. The number of carbonyl (C=O) groups is 4. The number of aliphatic hydroxyl groups excluding tert-OH is 1. The molecule has 9 nitrogen and oxygen atoms in total. The number of amides is 3. The summed E-state index contributed by atoms with van der Waals surface area (Å²) in [4.78, 5) is 56.3. The van der Waals surface area contributed by atoms with E-state index in [2.05, 4.69) is 15.6 Å². The number of halogens is 1. The van der Waals surface area contributed by atoms with Gasteiger partial charge in [0, 0.05) is 23.9 Å². The molecule has 3 atom stereocenters. The van der Waals surface area contributed by atoms with E-state index in [4.69, 9.17) is 11.6 Å². The van der Waals surface area contributed by atoms with Gasteiger partial charge in [-0.05, 0) is 50.5 Å². The van der Waals surface area contributed by atoms with Crippen molar-refractivity contribution in [3.8, 4) is 0 Å². The molecule has 0 spiro atoms. The summed E-state index contributed by atoms with van der Waals surface area (Å²) in [7, 11) is 0. The highest BCUT2D eigenvalue weighted by atomic mass is 35.5. The minimum atomic E-state index is -0.974. The maximum atomic E-state index is 13.6. The van der Waals surface area contributed by atoms with Crippen LogP contribution < -0.4 is 10.6 Å². The maximum Gasteiger partial charge on any atom is 0.271 e. The molecule has 0 aromatic carbocycles. The molecule has 3 amide bonds. The van der Waals surface area contributed by atoms with E-state index in [1.807, 2.05) is 0 Å². The second-order valence-corrected chi connectivity index (χ2v) is 10.7. The number of ketones is 1. The molecule has 1 aliphatic carbocycles. The molecule has 6 rings (SSSR count). The quantitative estimate of drug-likeness (QED) is 0.455. The molecule has 2 aromatic rings. The zero-order valence-corrected chi connectivity index (χ0v) is 20.1. The number of rotatable bonds is 7.